The Morgan fingerprint density at radius 3 is 1.53 bits per heavy atom. The van der Waals surface area contributed by atoms with E-state index < -0.39 is 9.05 Å². The molecule has 0 saturated heterocycles. The molecule has 0 heterocycles. The molecule has 2 unspecified atom stereocenters. The van der Waals surface area contributed by atoms with E-state index in [1.165, 1.54) is 0 Å². The summed E-state index contributed by atoms with van der Waals surface area (Å²) in [7, 11) is -3.96. The van der Waals surface area contributed by atoms with Gasteiger partial charge >= 0.3 is 9.05 Å². The summed E-state index contributed by atoms with van der Waals surface area (Å²) >= 11 is 13.0. The molecule has 15 heavy (non-hydrogen) atoms. The molecule has 0 fully saturated rings. The van der Waals surface area contributed by atoms with Crippen LogP contribution in [0.15, 0.2) is 0 Å². The van der Waals surface area contributed by atoms with E-state index in [0.29, 0.717) is 10.7 Å². The third kappa shape index (κ3) is 9.66. The van der Waals surface area contributed by atoms with Gasteiger partial charge in [-0.1, -0.05) is 63.7 Å². The van der Waals surface area contributed by atoms with E-state index in [1.54, 1.807) is 0 Å². The highest BCUT2D eigenvalue weighted by atomic mass is 79.9. The molecular formula is C6H12Br4O4Si. The van der Waals surface area contributed by atoms with Gasteiger partial charge in [0.2, 0.25) is 0 Å². The van der Waals surface area contributed by atoms with Crippen LogP contribution in [0.1, 0.15) is 0 Å². The highest BCUT2D eigenvalue weighted by Crippen LogP contribution is 2.10. The van der Waals surface area contributed by atoms with Crippen LogP contribution in [0, 0.1) is 0 Å². The fourth-order valence-electron chi connectivity index (χ4n) is 0.529. The van der Waals surface area contributed by atoms with E-state index in [-0.39, 0.29) is 22.9 Å². The average molecular weight is 496 g/mol. The van der Waals surface area contributed by atoms with Crippen LogP contribution in [0.2, 0.25) is 0 Å². The molecule has 0 saturated carbocycles. The maximum absolute atomic E-state index is 9.38. The van der Waals surface area contributed by atoms with Gasteiger partial charge in [0.05, 0.1) is 13.2 Å². The molecule has 0 bridgehead atoms. The smallest absolute Gasteiger partial charge is 0.367 e. The van der Waals surface area contributed by atoms with E-state index in [0.717, 1.165) is 0 Å². The predicted octanol–water partition coefficient (Wildman–Crippen LogP) is 1.76. The van der Waals surface area contributed by atoms with Crippen molar-refractivity contribution in [2.24, 2.45) is 0 Å². The van der Waals surface area contributed by atoms with Crippen molar-refractivity contribution >= 4 is 72.8 Å². The molecule has 0 aromatic rings. The average Bonchev–Trinajstić information content (AvgIpc) is 2.22. The molecule has 4 nitrogen and oxygen atoms in total. The molecular weight excluding hydrogens is 484 g/mol. The second kappa shape index (κ2) is 8.98. The summed E-state index contributed by atoms with van der Waals surface area (Å²) in [5.41, 5.74) is 0. The van der Waals surface area contributed by atoms with Gasteiger partial charge in [-0.05, 0) is 0 Å². The predicted molar refractivity (Wildman–Crippen MR) is 75.1 cm³/mol. The van der Waals surface area contributed by atoms with Gasteiger partial charge in [0.1, 0.15) is 0 Å². The Morgan fingerprint density at radius 2 is 1.27 bits per heavy atom. The molecule has 2 N–H and O–H groups in total. The van der Waals surface area contributed by atoms with Crippen LogP contribution in [0.4, 0.5) is 0 Å². The summed E-state index contributed by atoms with van der Waals surface area (Å²) in [5.74, 6) is 0. The molecule has 0 spiro atoms. The van der Waals surface area contributed by atoms with Crippen LogP contribution >= 0.6 is 63.7 Å². The van der Waals surface area contributed by atoms with E-state index in [9.17, 15) is 9.59 Å². The summed E-state index contributed by atoms with van der Waals surface area (Å²) in [5, 5.41) is 1.33. The second-order valence-corrected chi connectivity index (χ2v) is 8.23. The largest absolute Gasteiger partial charge is 0.674 e. The highest BCUT2D eigenvalue weighted by Gasteiger charge is 2.37. The second-order valence-electron chi connectivity index (χ2n) is 2.67. The summed E-state index contributed by atoms with van der Waals surface area (Å²) in [4.78, 5) is 18.8. The van der Waals surface area contributed by atoms with Crippen LogP contribution in [0.3, 0.4) is 0 Å². The van der Waals surface area contributed by atoms with Crippen molar-refractivity contribution in [3.63, 3.8) is 0 Å². The third-order valence-electron chi connectivity index (χ3n) is 1.24. The lowest BCUT2D eigenvalue weighted by atomic mass is 10.5. The Morgan fingerprint density at radius 1 is 0.933 bits per heavy atom. The Kier molecular flexibility index (Phi) is 10.2. The number of halogens is 4. The van der Waals surface area contributed by atoms with Gasteiger partial charge in [0.15, 0.2) is 0 Å². The van der Waals surface area contributed by atoms with E-state index >= 15 is 0 Å². The zero-order valence-electron chi connectivity index (χ0n) is 7.71. The molecule has 0 rings (SSSR count). The zero-order valence-corrected chi connectivity index (χ0v) is 15.0. The Bertz CT molecular complexity index is 157. The van der Waals surface area contributed by atoms with Crippen LogP contribution in [0.5, 0.6) is 0 Å². The van der Waals surface area contributed by atoms with Gasteiger partial charge in [-0.25, -0.2) is 0 Å². The minimum absolute atomic E-state index is 0.0308. The van der Waals surface area contributed by atoms with Crippen molar-refractivity contribution < 1.29 is 18.4 Å². The number of alkyl halides is 4. The monoisotopic (exact) mass is 492 g/mol. The first-order chi connectivity index (χ1) is 6.91. The van der Waals surface area contributed by atoms with Crippen LogP contribution in [0.25, 0.3) is 0 Å². The fraction of sp³-hybridized carbons (Fsp3) is 1.00. The molecule has 9 heteroatoms. The molecule has 0 aromatic carbocycles. The van der Waals surface area contributed by atoms with Crippen molar-refractivity contribution in [3.05, 3.63) is 0 Å². The van der Waals surface area contributed by atoms with Crippen LogP contribution in [-0.2, 0) is 8.85 Å². The molecule has 92 valence electrons. The van der Waals surface area contributed by atoms with E-state index in [4.69, 9.17) is 8.85 Å². The highest BCUT2D eigenvalue weighted by molar-refractivity contribution is 9.12. The minimum atomic E-state index is -3.96. The fourth-order valence-corrected chi connectivity index (χ4v) is 2.57. The van der Waals surface area contributed by atoms with Crippen molar-refractivity contribution in [1.82, 2.24) is 0 Å². The van der Waals surface area contributed by atoms with Crippen molar-refractivity contribution in [1.29, 1.82) is 0 Å². The molecule has 0 aliphatic heterocycles. The Labute approximate surface area is 124 Å². The first-order valence-electron chi connectivity index (χ1n) is 4.04. The summed E-state index contributed by atoms with van der Waals surface area (Å²) in [6.07, 6.45) is 0. The van der Waals surface area contributed by atoms with Crippen LogP contribution in [-0.4, -0.2) is 52.2 Å². The first kappa shape index (κ1) is 17.0. The minimum Gasteiger partial charge on any atom is -0.367 e. The standard InChI is InChI=1S/C6H12Br4O4Si/c7-1-5(9)3-13-15(11,12)14-4-6(10)2-8/h5-6,11-12H,1-4H2. The van der Waals surface area contributed by atoms with Gasteiger partial charge < -0.3 is 18.4 Å². The number of hydrogen-bond donors (Lipinski definition) is 2. The van der Waals surface area contributed by atoms with Gasteiger partial charge in [0, 0.05) is 20.3 Å². The summed E-state index contributed by atoms with van der Waals surface area (Å²) < 4.78 is 9.78. The van der Waals surface area contributed by atoms with Gasteiger partial charge in [0.25, 0.3) is 0 Å². The lowest BCUT2D eigenvalue weighted by molar-refractivity contribution is 0.0271. The van der Waals surface area contributed by atoms with Crippen molar-refractivity contribution in [2.75, 3.05) is 23.9 Å². The maximum Gasteiger partial charge on any atom is 0.674 e. The molecule has 0 radical (unpaired) electrons. The normalized spacial score (nSPS) is 16.4. The van der Waals surface area contributed by atoms with Crippen LogP contribution < -0.4 is 0 Å². The molecule has 0 aromatic heterocycles. The number of rotatable bonds is 8. The summed E-state index contributed by atoms with van der Waals surface area (Å²) in [6, 6.07) is 0. The third-order valence-corrected chi connectivity index (χ3v) is 6.80. The SMILES string of the molecule is O[Si](O)(OCC(Br)CBr)OCC(Br)CBr. The summed E-state index contributed by atoms with van der Waals surface area (Å²) in [6.45, 7) is 0.372. The van der Waals surface area contributed by atoms with Gasteiger partial charge in [-0.3, -0.25) is 0 Å². The quantitative estimate of drug-likeness (QED) is 0.398. The number of hydrogen-bond acceptors (Lipinski definition) is 4. The lowest BCUT2D eigenvalue weighted by Crippen LogP contribution is -2.45. The Balaban J connectivity index is 3.75. The molecule has 0 aliphatic carbocycles. The van der Waals surface area contributed by atoms with Crippen molar-refractivity contribution in [3.8, 4) is 0 Å². The Hall–Kier alpha value is 1.98. The lowest BCUT2D eigenvalue weighted by Gasteiger charge is -2.19. The molecule has 2 atom stereocenters. The van der Waals surface area contributed by atoms with Gasteiger partial charge in [-0.2, -0.15) is 0 Å². The molecule has 0 aliphatic rings. The van der Waals surface area contributed by atoms with Gasteiger partial charge in [-0.15, -0.1) is 0 Å². The zero-order chi connectivity index (χ0) is 11.9. The van der Waals surface area contributed by atoms with E-state index in [2.05, 4.69) is 63.7 Å². The topological polar surface area (TPSA) is 58.9 Å². The maximum atomic E-state index is 9.38. The van der Waals surface area contributed by atoms with E-state index in [1.807, 2.05) is 0 Å². The molecule has 0 amide bonds. The first-order valence-corrected chi connectivity index (χ1v) is 9.82. The van der Waals surface area contributed by atoms with Crippen molar-refractivity contribution in [2.45, 2.75) is 9.65 Å².